The zero-order chi connectivity index (χ0) is 32.2. The fourth-order valence-corrected chi connectivity index (χ4v) is 6.35. The number of anilines is 1. The van der Waals surface area contributed by atoms with Crippen LogP contribution < -0.4 is 19.1 Å². The number of benzene rings is 4. The Balaban J connectivity index is 1.77. The third-order valence-corrected chi connectivity index (χ3v) is 8.94. The Morgan fingerprint density at radius 2 is 1.44 bits per heavy atom. The van der Waals surface area contributed by atoms with Gasteiger partial charge in [0.2, 0.25) is 11.8 Å². The van der Waals surface area contributed by atoms with Gasteiger partial charge in [0.25, 0.3) is 10.0 Å². The predicted molar refractivity (Wildman–Crippen MR) is 175 cm³/mol. The number of methoxy groups -OCH3 is 1. The number of amides is 2. The van der Waals surface area contributed by atoms with Crippen molar-refractivity contribution in [2.24, 2.45) is 0 Å². The molecule has 0 saturated heterocycles. The Bertz CT molecular complexity index is 1650. The molecule has 1 unspecified atom stereocenters. The van der Waals surface area contributed by atoms with Gasteiger partial charge in [-0.05, 0) is 73.5 Å². The Labute approximate surface area is 265 Å². The van der Waals surface area contributed by atoms with Crippen molar-refractivity contribution in [3.63, 3.8) is 0 Å². The predicted octanol–water partition coefficient (Wildman–Crippen LogP) is 5.07. The summed E-state index contributed by atoms with van der Waals surface area (Å²) in [5.74, 6) is 0.261. The lowest BCUT2D eigenvalue weighted by Crippen LogP contribution is -2.53. The maximum absolute atomic E-state index is 14.4. The van der Waals surface area contributed by atoms with E-state index in [-0.39, 0.29) is 23.8 Å². The highest BCUT2D eigenvalue weighted by molar-refractivity contribution is 7.92. The number of carbonyl (C=O) groups excluding carboxylic acids is 2. The first-order valence-electron chi connectivity index (χ1n) is 14.8. The number of hydrogen-bond donors (Lipinski definition) is 1. The van der Waals surface area contributed by atoms with Gasteiger partial charge < -0.3 is 19.7 Å². The standard InChI is InChI=1S/C35H39N3O6S/c1-4-36-35(40)33(24-27-13-8-6-9-14-27)37(25-28-15-12-18-31(23-28)43-3)34(39)26-38(29-16-10-7-11-17-29)45(41,42)32-21-19-30(20-22-32)44-5-2/h6-23,33H,4-5,24-26H2,1-3H3,(H,36,40). The van der Waals surface area contributed by atoms with Crippen LogP contribution in [0.5, 0.6) is 11.5 Å². The van der Waals surface area contributed by atoms with E-state index >= 15 is 0 Å². The number of carbonyl (C=O) groups is 2. The number of rotatable bonds is 15. The minimum Gasteiger partial charge on any atom is -0.497 e. The molecule has 0 spiro atoms. The zero-order valence-corrected chi connectivity index (χ0v) is 26.6. The average Bonchev–Trinajstić information content (AvgIpc) is 3.06. The van der Waals surface area contributed by atoms with Crippen LogP contribution in [0, 0.1) is 0 Å². The second-order valence-electron chi connectivity index (χ2n) is 10.2. The monoisotopic (exact) mass is 629 g/mol. The molecular weight excluding hydrogens is 590 g/mol. The third kappa shape index (κ3) is 8.63. The molecule has 0 heterocycles. The molecule has 4 aromatic rings. The van der Waals surface area contributed by atoms with Gasteiger partial charge in [0, 0.05) is 19.5 Å². The molecule has 0 fully saturated rings. The fraction of sp³-hybridized carbons (Fsp3) is 0.257. The molecule has 0 saturated carbocycles. The number of hydrogen-bond acceptors (Lipinski definition) is 6. The highest BCUT2D eigenvalue weighted by atomic mass is 32.2. The van der Waals surface area contributed by atoms with Crippen LogP contribution in [0.3, 0.4) is 0 Å². The first-order chi connectivity index (χ1) is 21.8. The molecule has 2 amide bonds. The summed E-state index contributed by atoms with van der Waals surface area (Å²) in [6, 6.07) is 30.3. The van der Waals surface area contributed by atoms with E-state index in [4.69, 9.17) is 9.47 Å². The quantitative estimate of drug-likeness (QED) is 0.197. The smallest absolute Gasteiger partial charge is 0.264 e. The molecule has 10 heteroatoms. The molecule has 4 rings (SSSR count). The van der Waals surface area contributed by atoms with Crippen molar-refractivity contribution in [2.45, 2.75) is 37.8 Å². The first kappa shape index (κ1) is 33.1. The zero-order valence-electron chi connectivity index (χ0n) is 25.8. The van der Waals surface area contributed by atoms with Crippen LogP contribution in [-0.4, -0.2) is 58.0 Å². The van der Waals surface area contributed by atoms with Crippen molar-refractivity contribution >= 4 is 27.5 Å². The van der Waals surface area contributed by atoms with Crippen molar-refractivity contribution in [1.29, 1.82) is 0 Å². The van der Waals surface area contributed by atoms with E-state index in [1.807, 2.05) is 56.3 Å². The van der Waals surface area contributed by atoms with Gasteiger partial charge in [-0.25, -0.2) is 8.42 Å². The summed E-state index contributed by atoms with van der Waals surface area (Å²) in [5, 5.41) is 2.87. The normalized spacial score (nSPS) is 11.7. The van der Waals surface area contributed by atoms with Crippen molar-refractivity contribution < 1.29 is 27.5 Å². The lowest BCUT2D eigenvalue weighted by atomic mass is 10.0. The number of ether oxygens (including phenoxy) is 2. The van der Waals surface area contributed by atoms with Crippen LogP contribution >= 0.6 is 0 Å². The highest BCUT2D eigenvalue weighted by Gasteiger charge is 2.34. The summed E-state index contributed by atoms with van der Waals surface area (Å²) in [6.07, 6.45) is 0.235. The third-order valence-electron chi connectivity index (χ3n) is 7.15. The van der Waals surface area contributed by atoms with E-state index in [2.05, 4.69) is 5.32 Å². The fourth-order valence-electron chi connectivity index (χ4n) is 4.94. The molecule has 1 N–H and O–H groups in total. The molecule has 0 radical (unpaired) electrons. The summed E-state index contributed by atoms with van der Waals surface area (Å²) in [6.45, 7) is 3.98. The number of nitrogens with one attached hydrogen (secondary N) is 1. The van der Waals surface area contributed by atoms with E-state index in [1.165, 1.54) is 17.0 Å². The van der Waals surface area contributed by atoms with E-state index in [1.54, 1.807) is 61.7 Å². The van der Waals surface area contributed by atoms with Crippen LogP contribution in [0.4, 0.5) is 5.69 Å². The molecule has 4 aromatic carbocycles. The van der Waals surface area contributed by atoms with Crippen LogP contribution in [0.15, 0.2) is 114 Å². The van der Waals surface area contributed by atoms with Crippen molar-refractivity contribution in [1.82, 2.24) is 10.2 Å². The molecular formula is C35H39N3O6S. The molecule has 9 nitrogen and oxygen atoms in total. The largest absolute Gasteiger partial charge is 0.497 e. The van der Waals surface area contributed by atoms with Gasteiger partial charge in [-0.2, -0.15) is 0 Å². The molecule has 236 valence electrons. The van der Waals surface area contributed by atoms with Gasteiger partial charge in [-0.3, -0.25) is 13.9 Å². The summed E-state index contributed by atoms with van der Waals surface area (Å²) >= 11 is 0. The molecule has 45 heavy (non-hydrogen) atoms. The molecule has 0 aromatic heterocycles. The highest BCUT2D eigenvalue weighted by Crippen LogP contribution is 2.26. The summed E-state index contributed by atoms with van der Waals surface area (Å²) in [7, 11) is -2.65. The first-order valence-corrected chi connectivity index (χ1v) is 16.3. The Kier molecular flexibility index (Phi) is 11.6. The van der Waals surface area contributed by atoms with Gasteiger partial charge in [0.15, 0.2) is 0 Å². The van der Waals surface area contributed by atoms with Crippen molar-refractivity contribution in [3.05, 3.63) is 120 Å². The molecule has 0 aliphatic heterocycles. The Morgan fingerprint density at radius 3 is 2.07 bits per heavy atom. The van der Waals surface area contributed by atoms with Crippen LogP contribution in [0.2, 0.25) is 0 Å². The van der Waals surface area contributed by atoms with Crippen LogP contribution in [-0.2, 0) is 32.6 Å². The molecule has 1 atom stereocenters. The minimum absolute atomic E-state index is 0.00603. The number of likely N-dealkylation sites (N-methyl/N-ethyl adjacent to an activating group) is 1. The Morgan fingerprint density at radius 1 is 0.800 bits per heavy atom. The van der Waals surface area contributed by atoms with Crippen LogP contribution in [0.25, 0.3) is 0 Å². The summed E-state index contributed by atoms with van der Waals surface area (Å²) < 4.78 is 40.2. The molecule has 0 aliphatic rings. The number of para-hydroxylation sites is 1. The molecule has 0 aliphatic carbocycles. The van der Waals surface area contributed by atoms with Crippen molar-refractivity contribution in [3.8, 4) is 11.5 Å². The molecule has 0 bridgehead atoms. The lowest BCUT2D eigenvalue weighted by Gasteiger charge is -2.34. The van der Waals surface area contributed by atoms with Crippen LogP contribution in [0.1, 0.15) is 25.0 Å². The topological polar surface area (TPSA) is 105 Å². The van der Waals surface area contributed by atoms with E-state index in [9.17, 15) is 18.0 Å². The van der Waals surface area contributed by atoms with Gasteiger partial charge in [0.05, 0.1) is 24.3 Å². The maximum atomic E-state index is 14.4. The second-order valence-corrected chi connectivity index (χ2v) is 12.1. The van der Waals surface area contributed by atoms with Gasteiger partial charge in [-0.15, -0.1) is 0 Å². The van der Waals surface area contributed by atoms with Gasteiger partial charge in [0.1, 0.15) is 24.1 Å². The SMILES string of the molecule is CCNC(=O)C(Cc1ccccc1)N(Cc1cccc(OC)c1)C(=O)CN(c1ccccc1)S(=O)(=O)c1ccc(OCC)cc1. The summed E-state index contributed by atoms with van der Waals surface area (Å²) in [4.78, 5) is 29.5. The van der Waals surface area contributed by atoms with E-state index < -0.39 is 28.5 Å². The summed E-state index contributed by atoms with van der Waals surface area (Å²) in [5.41, 5.74) is 1.91. The average molecular weight is 630 g/mol. The maximum Gasteiger partial charge on any atom is 0.264 e. The number of nitrogens with zero attached hydrogens (tertiary/aromatic N) is 2. The lowest BCUT2D eigenvalue weighted by molar-refractivity contribution is -0.140. The van der Waals surface area contributed by atoms with Gasteiger partial charge >= 0.3 is 0 Å². The van der Waals surface area contributed by atoms with Gasteiger partial charge in [-0.1, -0.05) is 60.7 Å². The van der Waals surface area contributed by atoms with Crippen molar-refractivity contribution in [2.75, 3.05) is 31.1 Å². The number of sulfonamides is 1. The second kappa shape index (κ2) is 15.8. The minimum atomic E-state index is -4.20. The van der Waals surface area contributed by atoms with E-state index in [0.717, 1.165) is 15.4 Å². The Hall–Kier alpha value is -4.83. The van der Waals surface area contributed by atoms with E-state index in [0.29, 0.717) is 30.3 Å².